The van der Waals surface area contributed by atoms with Crippen LogP contribution in [0, 0.1) is 0 Å². The molecule has 5 heteroatoms. The summed E-state index contributed by atoms with van der Waals surface area (Å²) in [5.74, 6) is 1.44. The summed E-state index contributed by atoms with van der Waals surface area (Å²) in [5.41, 5.74) is 0.953. The molecule has 0 aliphatic carbocycles. The van der Waals surface area contributed by atoms with E-state index < -0.39 is 0 Å². The summed E-state index contributed by atoms with van der Waals surface area (Å²) < 4.78 is 10.6. The van der Waals surface area contributed by atoms with Crippen LogP contribution in [0.15, 0.2) is 12.3 Å². The molecule has 2 rings (SSSR count). The van der Waals surface area contributed by atoms with Crippen LogP contribution in [0.25, 0.3) is 0 Å². The fraction of sp³-hybridized carbons (Fsp3) is 0.545. The number of hydrogen-bond donors (Lipinski definition) is 1. The van der Waals surface area contributed by atoms with Gasteiger partial charge < -0.3 is 19.7 Å². The molecule has 0 spiro atoms. The van der Waals surface area contributed by atoms with Crippen LogP contribution in [0.3, 0.4) is 0 Å². The molecule has 0 bridgehead atoms. The molecule has 88 valence electrons. The molecular formula is C11H17N3O2. The van der Waals surface area contributed by atoms with Gasteiger partial charge in [0, 0.05) is 38.4 Å². The van der Waals surface area contributed by atoms with Crippen molar-refractivity contribution in [2.45, 2.75) is 0 Å². The summed E-state index contributed by atoms with van der Waals surface area (Å²) in [6.07, 6.45) is 1.70. The number of aromatic nitrogens is 1. The van der Waals surface area contributed by atoms with E-state index in [9.17, 15) is 0 Å². The lowest BCUT2D eigenvalue weighted by atomic mass is 10.2. The standard InChI is InChI=1S/C11H17N3O2/c1-15-9-3-4-13-11(16-2)10(9)14-7-5-12-6-8-14/h3-4,12H,5-8H2,1-2H3. The molecule has 0 saturated carbocycles. The van der Waals surface area contributed by atoms with Crippen LogP contribution in [-0.2, 0) is 0 Å². The molecule has 1 saturated heterocycles. The first-order valence-electron chi connectivity index (χ1n) is 5.39. The zero-order chi connectivity index (χ0) is 11.4. The molecule has 5 nitrogen and oxygen atoms in total. The molecule has 0 amide bonds. The van der Waals surface area contributed by atoms with E-state index in [0.717, 1.165) is 37.6 Å². The largest absolute Gasteiger partial charge is 0.494 e. The SMILES string of the molecule is COc1ccnc(OC)c1N1CCNCC1. The maximum Gasteiger partial charge on any atom is 0.241 e. The average molecular weight is 223 g/mol. The highest BCUT2D eigenvalue weighted by atomic mass is 16.5. The van der Waals surface area contributed by atoms with Crippen molar-refractivity contribution in [3.8, 4) is 11.6 Å². The summed E-state index contributed by atoms with van der Waals surface area (Å²) in [5, 5.41) is 3.32. The van der Waals surface area contributed by atoms with Gasteiger partial charge in [-0.15, -0.1) is 0 Å². The van der Waals surface area contributed by atoms with E-state index in [1.54, 1.807) is 20.4 Å². The van der Waals surface area contributed by atoms with Crippen LogP contribution in [-0.4, -0.2) is 45.4 Å². The lowest BCUT2D eigenvalue weighted by molar-refractivity contribution is 0.380. The van der Waals surface area contributed by atoms with Gasteiger partial charge in [-0.05, 0) is 0 Å². The van der Waals surface area contributed by atoms with Crippen LogP contribution >= 0.6 is 0 Å². The van der Waals surface area contributed by atoms with Crippen LogP contribution in [0.1, 0.15) is 0 Å². The minimum Gasteiger partial charge on any atom is -0.494 e. The first-order chi connectivity index (χ1) is 7.86. The predicted molar refractivity (Wildman–Crippen MR) is 62.4 cm³/mol. The van der Waals surface area contributed by atoms with Crippen molar-refractivity contribution in [1.82, 2.24) is 10.3 Å². The molecule has 0 aromatic carbocycles. The second-order valence-electron chi connectivity index (χ2n) is 3.61. The first-order valence-corrected chi connectivity index (χ1v) is 5.39. The molecule has 1 fully saturated rings. The van der Waals surface area contributed by atoms with Crippen molar-refractivity contribution in [2.24, 2.45) is 0 Å². The summed E-state index contributed by atoms with van der Waals surface area (Å²) in [4.78, 5) is 6.45. The lowest BCUT2D eigenvalue weighted by Gasteiger charge is -2.30. The van der Waals surface area contributed by atoms with Crippen molar-refractivity contribution in [3.05, 3.63) is 12.3 Å². The Bertz CT molecular complexity index is 329. The molecular weight excluding hydrogens is 206 g/mol. The predicted octanol–water partition coefficient (Wildman–Crippen LogP) is 0.508. The Morgan fingerprint density at radius 1 is 1.25 bits per heavy atom. The van der Waals surface area contributed by atoms with Crippen molar-refractivity contribution >= 4 is 5.69 Å². The lowest BCUT2D eigenvalue weighted by Crippen LogP contribution is -2.43. The number of piperazine rings is 1. The molecule has 0 atom stereocenters. The quantitative estimate of drug-likeness (QED) is 0.809. The summed E-state index contributed by atoms with van der Waals surface area (Å²) in [7, 11) is 3.30. The number of anilines is 1. The van der Waals surface area contributed by atoms with Gasteiger partial charge in [0.05, 0.1) is 14.2 Å². The molecule has 1 N–H and O–H groups in total. The van der Waals surface area contributed by atoms with Crippen molar-refractivity contribution in [2.75, 3.05) is 45.3 Å². The molecule has 1 aliphatic heterocycles. The normalized spacial score (nSPS) is 16.0. The maximum absolute atomic E-state index is 5.36. The maximum atomic E-state index is 5.36. The Morgan fingerprint density at radius 3 is 2.62 bits per heavy atom. The van der Waals surface area contributed by atoms with Gasteiger partial charge in [-0.25, -0.2) is 4.98 Å². The van der Waals surface area contributed by atoms with Gasteiger partial charge in [0.25, 0.3) is 0 Å². The number of rotatable bonds is 3. The van der Waals surface area contributed by atoms with Gasteiger partial charge in [0.1, 0.15) is 11.4 Å². The van der Waals surface area contributed by atoms with Gasteiger partial charge in [-0.1, -0.05) is 0 Å². The van der Waals surface area contributed by atoms with Gasteiger partial charge in [-0.3, -0.25) is 0 Å². The number of methoxy groups -OCH3 is 2. The van der Waals surface area contributed by atoms with Crippen LogP contribution in [0.2, 0.25) is 0 Å². The van der Waals surface area contributed by atoms with Crippen molar-refractivity contribution in [3.63, 3.8) is 0 Å². The third-order valence-corrected chi connectivity index (χ3v) is 2.70. The van der Waals surface area contributed by atoms with Gasteiger partial charge in [0.15, 0.2) is 0 Å². The minimum absolute atomic E-state index is 0.626. The highest BCUT2D eigenvalue weighted by Crippen LogP contribution is 2.35. The fourth-order valence-electron chi connectivity index (χ4n) is 1.91. The van der Waals surface area contributed by atoms with Crippen LogP contribution in [0.5, 0.6) is 11.6 Å². The second kappa shape index (κ2) is 5.03. The van der Waals surface area contributed by atoms with Gasteiger partial charge in [-0.2, -0.15) is 0 Å². The zero-order valence-electron chi connectivity index (χ0n) is 9.69. The Balaban J connectivity index is 2.34. The van der Waals surface area contributed by atoms with E-state index in [1.165, 1.54) is 0 Å². The average Bonchev–Trinajstić information content (AvgIpc) is 2.38. The number of nitrogens with zero attached hydrogens (tertiary/aromatic N) is 2. The highest BCUT2D eigenvalue weighted by Gasteiger charge is 2.20. The molecule has 1 aromatic heterocycles. The number of pyridine rings is 1. The third-order valence-electron chi connectivity index (χ3n) is 2.70. The smallest absolute Gasteiger partial charge is 0.241 e. The summed E-state index contributed by atoms with van der Waals surface area (Å²) in [6.45, 7) is 3.83. The van der Waals surface area contributed by atoms with Crippen molar-refractivity contribution < 1.29 is 9.47 Å². The van der Waals surface area contributed by atoms with Crippen LogP contribution in [0.4, 0.5) is 5.69 Å². The Kier molecular flexibility index (Phi) is 3.46. The number of nitrogens with one attached hydrogen (secondary N) is 1. The summed E-state index contributed by atoms with van der Waals surface area (Å²) in [6, 6.07) is 1.86. The highest BCUT2D eigenvalue weighted by molar-refractivity contribution is 5.65. The van der Waals surface area contributed by atoms with E-state index in [2.05, 4.69) is 15.2 Å². The van der Waals surface area contributed by atoms with E-state index in [1.807, 2.05) is 6.07 Å². The molecule has 0 unspecified atom stereocenters. The zero-order valence-corrected chi connectivity index (χ0v) is 9.69. The van der Waals surface area contributed by atoms with Gasteiger partial charge in [0.2, 0.25) is 5.88 Å². The molecule has 1 aliphatic rings. The summed E-state index contributed by atoms with van der Waals surface area (Å²) >= 11 is 0. The Hall–Kier alpha value is -1.49. The minimum atomic E-state index is 0.626. The Morgan fingerprint density at radius 2 is 2.00 bits per heavy atom. The Labute approximate surface area is 95.4 Å². The van der Waals surface area contributed by atoms with Crippen LogP contribution < -0.4 is 19.7 Å². The van der Waals surface area contributed by atoms with Crippen molar-refractivity contribution in [1.29, 1.82) is 0 Å². The van der Waals surface area contributed by atoms with E-state index in [0.29, 0.717) is 5.88 Å². The second-order valence-corrected chi connectivity index (χ2v) is 3.61. The molecule has 16 heavy (non-hydrogen) atoms. The van der Waals surface area contributed by atoms with E-state index in [4.69, 9.17) is 9.47 Å². The number of hydrogen-bond acceptors (Lipinski definition) is 5. The molecule has 1 aromatic rings. The number of ether oxygens (including phenoxy) is 2. The van der Waals surface area contributed by atoms with Gasteiger partial charge >= 0.3 is 0 Å². The topological polar surface area (TPSA) is 46.6 Å². The fourth-order valence-corrected chi connectivity index (χ4v) is 1.91. The first kappa shape index (κ1) is 11.0. The molecule has 2 heterocycles. The van der Waals surface area contributed by atoms with E-state index >= 15 is 0 Å². The third kappa shape index (κ3) is 2.04. The monoisotopic (exact) mass is 223 g/mol. The molecule has 0 radical (unpaired) electrons. The van der Waals surface area contributed by atoms with E-state index in [-0.39, 0.29) is 0 Å².